The van der Waals surface area contributed by atoms with Crippen LogP contribution in [0, 0.1) is 0 Å². The molecule has 150 valence electrons. The zero-order chi connectivity index (χ0) is 20.4. The fourth-order valence-corrected chi connectivity index (χ4v) is 4.94. The van der Waals surface area contributed by atoms with E-state index in [0.717, 1.165) is 56.1 Å². The molecule has 1 aromatic heterocycles. The highest BCUT2D eigenvalue weighted by Gasteiger charge is 2.47. The van der Waals surface area contributed by atoms with Crippen molar-refractivity contribution >= 4 is 22.8 Å². The van der Waals surface area contributed by atoms with Gasteiger partial charge in [-0.1, -0.05) is 30.3 Å². The predicted octanol–water partition coefficient (Wildman–Crippen LogP) is 5.07. The smallest absolute Gasteiger partial charge is 0.165 e. The normalized spacial score (nSPS) is 20.0. The summed E-state index contributed by atoms with van der Waals surface area (Å²) < 4.78 is 17.8. The van der Waals surface area contributed by atoms with Gasteiger partial charge in [0.15, 0.2) is 11.5 Å². The van der Waals surface area contributed by atoms with Gasteiger partial charge in [-0.3, -0.25) is 9.98 Å². The van der Waals surface area contributed by atoms with Gasteiger partial charge in [-0.25, -0.2) is 0 Å². The van der Waals surface area contributed by atoms with Crippen LogP contribution >= 0.6 is 0 Å². The number of pyridine rings is 1. The van der Waals surface area contributed by atoms with Crippen LogP contribution in [0.25, 0.3) is 22.0 Å². The second-order valence-corrected chi connectivity index (χ2v) is 8.13. The van der Waals surface area contributed by atoms with Gasteiger partial charge in [0.2, 0.25) is 0 Å². The van der Waals surface area contributed by atoms with Crippen LogP contribution in [-0.4, -0.2) is 31.0 Å². The van der Waals surface area contributed by atoms with Crippen LogP contribution in [0.1, 0.15) is 11.1 Å². The molecule has 3 aliphatic heterocycles. The molecule has 0 saturated heterocycles. The minimum Gasteiger partial charge on any atom is -0.491 e. The first-order valence-electron chi connectivity index (χ1n) is 10.4. The second kappa shape index (κ2) is 6.08. The topological polar surface area (TPSA) is 52.9 Å². The van der Waals surface area contributed by atoms with Crippen LogP contribution in [-0.2, 0) is 5.41 Å². The van der Waals surface area contributed by atoms with Gasteiger partial charge in [-0.2, -0.15) is 0 Å². The Balaban J connectivity index is 1.45. The monoisotopic (exact) mass is 406 g/mol. The molecule has 3 aliphatic rings. The third kappa shape index (κ3) is 2.31. The first kappa shape index (κ1) is 16.9. The van der Waals surface area contributed by atoms with Crippen LogP contribution in [0.4, 0.5) is 5.69 Å². The molecule has 0 fully saturated rings. The Morgan fingerprint density at radius 2 is 1.68 bits per heavy atom. The summed E-state index contributed by atoms with van der Waals surface area (Å²) in [6.07, 6.45) is 3.97. The van der Waals surface area contributed by atoms with E-state index in [1.807, 2.05) is 36.7 Å². The van der Waals surface area contributed by atoms with Crippen molar-refractivity contribution < 1.29 is 14.2 Å². The van der Waals surface area contributed by atoms with E-state index in [9.17, 15) is 0 Å². The summed E-state index contributed by atoms with van der Waals surface area (Å²) in [5.41, 5.74) is 5.93. The van der Waals surface area contributed by atoms with Gasteiger partial charge in [0.05, 0.1) is 16.6 Å². The van der Waals surface area contributed by atoms with Crippen molar-refractivity contribution in [3.05, 3.63) is 78.0 Å². The van der Waals surface area contributed by atoms with Crippen LogP contribution < -0.4 is 14.2 Å². The number of fused-ring (bicyclic) bond motifs is 6. The lowest BCUT2D eigenvalue weighted by Gasteiger charge is -2.25. The average molecular weight is 406 g/mol. The molecule has 0 aliphatic carbocycles. The molecule has 1 atom stereocenters. The number of benzene rings is 3. The summed E-state index contributed by atoms with van der Waals surface area (Å²) in [4.78, 5) is 9.49. The quantitative estimate of drug-likeness (QED) is 0.443. The van der Waals surface area contributed by atoms with Crippen molar-refractivity contribution in [2.75, 3.05) is 19.8 Å². The number of hydrogen-bond donors (Lipinski definition) is 0. The molecule has 0 radical (unpaired) electrons. The molecule has 5 heteroatoms. The Labute approximate surface area is 178 Å². The summed E-state index contributed by atoms with van der Waals surface area (Å²) in [7, 11) is 0. The zero-order valence-corrected chi connectivity index (χ0v) is 16.7. The van der Waals surface area contributed by atoms with Gasteiger partial charge in [-0.15, -0.1) is 0 Å². The van der Waals surface area contributed by atoms with E-state index in [0.29, 0.717) is 19.8 Å². The summed E-state index contributed by atoms with van der Waals surface area (Å²) in [5, 5.41) is 1.12. The average Bonchev–Trinajstić information content (AvgIpc) is 3.39. The molecule has 7 rings (SSSR count). The largest absolute Gasteiger partial charge is 0.491 e. The Bertz CT molecular complexity index is 1410. The van der Waals surface area contributed by atoms with Gasteiger partial charge in [0, 0.05) is 40.6 Å². The molecule has 0 N–H and O–H groups in total. The van der Waals surface area contributed by atoms with Crippen LogP contribution in [0.3, 0.4) is 0 Å². The molecule has 1 unspecified atom stereocenters. The Hall–Kier alpha value is -3.86. The minimum atomic E-state index is -0.456. The lowest BCUT2D eigenvalue weighted by Crippen LogP contribution is -2.29. The van der Waals surface area contributed by atoms with E-state index in [-0.39, 0.29) is 0 Å². The van der Waals surface area contributed by atoms with Crippen LogP contribution in [0.2, 0.25) is 0 Å². The first-order valence-corrected chi connectivity index (χ1v) is 10.4. The number of rotatable bonds is 1. The first-order chi connectivity index (χ1) is 15.3. The highest BCUT2D eigenvalue weighted by molar-refractivity contribution is 5.97. The standard InChI is InChI=1S/C26H18N2O3/c1-2-6-20-16(4-1)10-17(13-27-20)18-5-3-7-21-25(18)26(14-28-21)15-31-22-12-24-23(11-19(22)26)29-8-9-30-24/h1-7,10-14H,8-9,15H2. The summed E-state index contributed by atoms with van der Waals surface area (Å²) in [6.45, 7) is 1.61. The number of aliphatic imine (C=N–C) groups is 1. The molecule has 4 heterocycles. The van der Waals surface area contributed by atoms with Crippen molar-refractivity contribution in [3.63, 3.8) is 0 Å². The lowest BCUT2D eigenvalue weighted by atomic mass is 9.75. The third-order valence-electron chi connectivity index (χ3n) is 6.39. The Morgan fingerprint density at radius 3 is 2.61 bits per heavy atom. The second-order valence-electron chi connectivity index (χ2n) is 8.13. The van der Waals surface area contributed by atoms with Crippen molar-refractivity contribution in [2.24, 2.45) is 4.99 Å². The van der Waals surface area contributed by atoms with Crippen molar-refractivity contribution in [1.29, 1.82) is 0 Å². The molecular weight excluding hydrogens is 388 g/mol. The van der Waals surface area contributed by atoms with E-state index in [1.54, 1.807) is 0 Å². The summed E-state index contributed by atoms with van der Waals surface area (Å²) in [6, 6.07) is 20.7. The molecule has 31 heavy (non-hydrogen) atoms. The van der Waals surface area contributed by atoms with E-state index in [1.165, 1.54) is 0 Å². The molecule has 0 bridgehead atoms. The fourth-order valence-electron chi connectivity index (χ4n) is 4.94. The molecule has 5 nitrogen and oxygen atoms in total. The van der Waals surface area contributed by atoms with Crippen LogP contribution in [0.5, 0.6) is 17.2 Å². The van der Waals surface area contributed by atoms with Gasteiger partial charge in [-0.05, 0) is 29.8 Å². The Kier molecular flexibility index (Phi) is 3.31. The van der Waals surface area contributed by atoms with Crippen molar-refractivity contribution in [3.8, 4) is 28.4 Å². The predicted molar refractivity (Wildman–Crippen MR) is 119 cm³/mol. The highest BCUT2D eigenvalue weighted by atomic mass is 16.6. The number of aromatic nitrogens is 1. The van der Waals surface area contributed by atoms with Crippen LogP contribution in [0.15, 0.2) is 71.9 Å². The van der Waals surface area contributed by atoms with Gasteiger partial charge in [0.25, 0.3) is 0 Å². The maximum Gasteiger partial charge on any atom is 0.165 e. The van der Waals surface area contributed by atoms with Crippen molar-refractivity contribution in [2.45, 2.75) is 5.41 Å². The molecule has 1 spiro atoms. The minimum absolute atomic E-state index is 0.456. The summed E-state index contributed by atoms with van der Waals surface area (Å²) in [5.74, 6) is 2.33. The number of nitrogens with zero attached hydrogens (tertiary/aromatic N) is 2. The van der Waals surface area contributed by atoms with Gasteiger partial charge >= 0.3 is 0 Å². The van der Waals surface area contributed by atoms with E-state index >= 15 is 0 Å². The van der Waals surface area contributed by atoms with Gasteiger partial charge in [0.1, 0.15) is 25.6 Å². The van der Waals surface area contributed by atoms with Crippen molar-refractivity contribution in [1.82, 2.24) is 4.98 Å². The molecule has 4 aromatic rings. The molecule has 0 amide bonds. The van der Waals surface area contributed by atoms with E-state index < -0.39 is 5.41 Å². The molecule has 0 saturated carbocycles. The number of ether oxygens (including phenoxy) is 3. The third-order valence-corrected chi connectivity index (χ3v) is 6.39. The maximum atomic E-state index is 6.18. The fraction of sp³-hybridized carbons (Fsp3) is 0.154. The summed E-state index contributed by atoms with van der Waals surface area (Å²) >= 11 is 0. The molecular formula is C26H18N2O3. The van der Waals surface area contributed by atoms with E-state index in [2.05, 4.69) is 36.4 Å². The van der Waals surface area contributed by atoms with Gasteiger partial charge < -0.3 is 14.2 Å². The Morgan fingerprint density at radius 1 is 0.806 bits per heavy atom. The van der Waals surface area contributed by atoms with E-state index in [4.69, 9.17) is 24.2 Å². The highest BCUT2D eigenvalue weighted by Crippen LogP contribution is 2.54. The number of hydrogen-bond acceptors (Lipinski definition) is 5. The number of para-hydroxylation sites is 1. The SMILES string of the molecule is C1=Nc2cccc(-c3cnc4ccccc4c3)c2C12COc1cc3c(cc12)OCCO3. The lowest BCUT2D eigenvalue weighted by molar-refractivity contribution is 0.171. The zero-order valence-electron chi connectivity index (χ0n) is 16.7. The molecule has 3 aromatic carbocycles. The maximum absolute atomic E-state index is 6.18.